The van der Waals surface area contributed by atoms with Crippen LogP contribution < -0.4 is 4.72 Å². The van der Waals surface area contributed by atoms with Crippen LogP contribution in [0.3, 0.4) is 0 Å². The molecule has 0 saturated heterocycles. The molecule has 0 saturated carbocycles. The Morgan fingerprint density at radius 1 is 1.14 bits per heavy atom. The number of phenols is 1. The molecular formula is C13H12N2O5S. The van der Waals surface area contributed by atoms with Gasteiger partial charge >= 0.3 is 5.69 Å². The molecule has 8 heteroatoms. The van der Waals surface area contributed by atoms with Crippen molar-refractivity contribution < 1.29 is 18.4 Å². The number of sulfonamides is 1. The van der Waals surface area contributed by atoms with E-state index in [1.54, 1.807) is 24.3 Å². The van der Waals surface area contributed by atoms with E-state index in [0.717, 1.165) is 23.8 Å². The lowest BCUT2D eigenvalue weighted by molar-refractivity contribution is -0.386. The second-order valence-electron chi connectivity index (χ2n) is 4.38. The number of hydrogen-bond donors (Lipinski definition) is 2. The summed E-state index contributed by atoms with van der Waals surface area (Å²) in [6.07, 6.45) is 0. The summed E-state index contributed by atoms with van der Waals surface area (Å²) in [4.78, 5) is 9.58. The molecule has 0 bridgehead atoms. The topological polar surface area (TPSA) is 110 Å². The van der Waals surface area contributed by atoms with Crippen molar-refractivity contribution in [3.05, 3.63) is 58.1 Å². The van der Waals surface area contributed by atoms with Crippen LogP contribution in [0.25, 0.3) is 0 Å². The summed E-state index contributed by atoms with van der Waals surface area (Å²) < 4.78 is 26.6. The average Bonchev–Trinajstić information content (AvgIpc) is 2.41. The first-order chi connectivity index (χ1) is 9.79. The van der Waals surface area contributed by atoms with E-state index in [4.69, 9.17) is 0 Å². The lowest BCUT2D eigenvalue weighted by Gasteiger charge is -2.08. The fourth-order valence-electron chi connectivity index (χ4n) is 1.65. The van der Waals surface area contributed by atoms with E-state index in [1.807, 2.05) is 6.92 Å². The van der Waals surface area contributed by atoms with Crippen LogP contribution in [0.1, 0.15) is 5.56 Å². The fourth-order valence-corrected chi connectivity index (χ4v) is 2.73. The second-order valence-corrected chi connectivity index (χ2v) is 6.06. The lowest BCUT2D eigenvalue weighted by atomic mass is 10.2. The SMILES string of the molecule is Cc1ccc(NS(=O)(=O)c2ccc(O)c([N+](=O)[O-])c2)cc1. The molecule has 2 N–H and O–H groups in total. The Morgan fingerprint density at radius 3 is 2.33 bits per heavy atom. The van der Waals surface area contributed by atoms with Gasteiger partial charge in [0, 0.05) is 11.8 Å². The van der Waals surface area contributed by atoms with Crippen molar-refractivity contribution in [2.24, 2.45) is 0 Å². The van der Waals surface area contributed by atoms with E-state index >= 15 is 0 Å². The van der Waals surface area contributed by atoms with Gasteiger partial charge < -0.3 is 5.11 Å². The highest BCUT2D eigenvalue weighted by molar-refractivity contribution is 7.92. The molecular weight excluding hydrogens is 296 g/mol. The summed E-state index contributed by atoms with van der Waals surface area (Å²) in [6.45, 7) is 1.86. The van der Waals surface area contributed by atoms with Gasteiger partial charge in [0.2, 0.25) is 0 Å². The summed E-state index contributed by atoms with van der Waals surface area (Å²) >= 11 is 0. The van der Waals surface area contributed by atoms with E-state index in [9.17, 15) is 23.6 Å². The Hall–Kier alpha value is -2.61. The van der Waals surface area contributed by atoms with Crippen molar-refractivity contribution in [3.63, 3.8) is 0 Å². The highest BCUT2D eigenvalue weighted by Crippen LogP contribution is 2.29. The van der Waals surface area contributed by atoms with Crippen molar-refractivity contribution in [3.8, 4) is 5.75 Å². The number of phenolic OH excluding ortho intramolecular Hbond substituents is 1. The minimum atomic E-state index is -3.96. The number of nitro benzene ring substituents is 1. The molecule has 0 unspecified atom stereocenters. The van der Waals surface area contributed by atoms with Crippen molar-refractivity contribution in [1.29, 1.82) is 0 Å². The number of aromatic hydroxyl groups is 1. The smallest absolute Gasteiger partial charge is 0.312 e. The van der Waals surface area contributed by atoms with E-state index < -0.39 is 26.4 Å². The number of nitrogens with one attached hydrogen (secondary N) is 1. The highest BCUT2D eigenvalue weighted by atomic mass is 32.2. The zero-order valence-electron chi connectivity index (χ0n) is 11.0. The average molecular weight is 308 g/mol. The van der Waals surface area contributed by atoms with Gasteiger partial charge in [0.15, 0.2) is 5.75 Å². The van der Waals surface area contributed by atoms with Gasteiger partial charge in [-0.15, -0.1) is 0 Å². The largest absolute Gasteiger partial charge is 0.502 e. The molecule has 0 fully saturated rings. The number of hydrogen-bond acceptors (Lipinski definition) is 5. The normalized spacial score (nSPS) is 11.1. The molecule has 110 valence electrons. The maximum atomic E-state index is 12.2. The Kier molecular flexibility index (Phi) is 3.81. The predicted octanol–water partition coefficient (Wildman–Crippen LogP) is 2.41. The number of rotatable bonds is 4. The van der Waals surface area contributed by atoms with Crippen LogP contribution in [0.2, 0.25) is 0 Å². The van der Waals surface area contributed by atoms with Crippen LogP contribution in [0.4, 0.5) is 11.4 Å². The molecule has 0 aromatic heterocycles. The number of nitro groups is 1. The van der Waals surface area contributed by atoms with Gasteiger partial charge in [-0.1, -0.05) is 17.7 Å². The quantitative estimate of drug-likeness (QED) is 0.665. The van der Waals surface area contributed by atoms with Crippen molar-refractivity contribution >= 4 is 21.4 Å². The Balaban J connectivity index is 2.38. The maximum absolute atomic E-state index is 12.2. The molecule has 0 heterocycles. The van der Waals surface area contributed by atoms with E-state index in [0.29, 0.717) is 5.69 Å². The van der Waals surface area contributed by atoms with E-state index in [-0.39, 0.29) is 4.90 Å². The molecule has 7 nitrogen and oxygen atoms in total. The third kappa shape index (κ3) is 3.29. The van der Waals surface area contributed by atoms with Gasteiger partial charge in [0.05, 0.1) is 9.82 Å². The first-order valence-electron chi connectivity index (χ1n) is 5.86. The van der Waals surface area contributed by atoms with E-state index in [2.05, 4.69) is 4.72 Å². The zero-order valence-corrected chi connectivity index (χ0v) is 11.8. The fraction of sp³-hybridized carbons (Fsp3) is 0.0769. The Labute approximate surface area is 121 Å². The lowest BCUT2D eigenvalue weighted by Crippen LogP contribution is -2.13. The number of nitrogens with zero attached hydrogens (tertiary/aromatic N) is 1. The molecule has 2 aromatic rings. The van der Waals surface area contributed by atoms with E-state index in [1.165, 1.54) is 0 Å². The summed E-state index contributed by atoms with van der Waals surface area (Å²) in [5.74, 6) is -0.589. The number of aryl methyl sites for hydroxylation is 1. The second kappa shape index (κ2) is 5.41. The van der Waals surface area contributed by atoms with Gasteiger partial charge in [0.1, 0.15) is 0 Å². The van der Waals surface area contributed by atoms with Crippen LogP contribution in [0, 0.1) is 17.0 Å². The van der Waals surface area contributed by atoms with Gasteiger partial charge in [-0.05, 0) is 31.2 Å². The van der Waals surface area contributed by atoms with Crippen molar-refractivity contribution in [2.75, 3.05) is 4.72 Å². The maximum Gasteiger partial charge on any atom is 0.312 e. The molecule has 2 aromatic carbocycles. The predicted molar refractivity (Wildman–Crippen MR) is 76.7 cm³/mol. The van der Waals surface area contributed by atoms with Gasteiger partial charge in [-0.2, -0.15) is 0 Å². The standard InChI is InChI=1S/C13H12N2O5S/c1-9-2-4-10(5-3-9)14-21(19,20)11-6-7-13(16)12(8-11)15(17)18/h2-8,14,16H,1H3. The first kappa shape index (κ1) is 14.8. The molecule has 0 aliphatic carbocycles. The molecule has 0 aliphatic heterocycles. The van der Waals surface area contributed by atoms with Gasteiger partial charge in [-0.25, -0.2) is 8.42 Å². The van der Waals surface area contributed by atoms with Crippen molar-refractivity contribution in [1.82, 2.24) is 0 Å². The van der Waals surface area contributed by atoms with Gasteiger partial charge in [0.25, 0.3) is 10.0 Å². The van der Waals surface area contributed by atoms with Crippen LogP contribution in [-0.2, 0) is 10.0 Å². The molecule has 0 aliphatic rings. The Morgan fingerprint density at radius 2 is 1.76 bits per heavy atom. The number of anilines is 1. The minimum absolute atomic E-state index is 0.299. The third-order valence-corrected chi connectivity index (χ3v) is 4.14. The number of benzene rings is 2. The third-order valence-electron chi connectivity index (χ3n) is 2.76. The van der Waals surface area contributed by atoms with Gasteiger partial charge in [-0.3, -0.25) is 14.8 Å². The molecule has 2 rings (SSSR count). The minimum Gasteiger partial charge on any atom is -0.502 e. The first-order valence-corrected chi connectivity index (χ1v) is 7.35. The van der Waals surface area contributed by atoms with Crippen LogP contribution in [-0.4, -0.2) is 18.4 Å². The van der Waals surface area contributed by atoms with Crippen LogP contribution >= 0.6 is 0 Å². The molecule has 0 radical (unpaired) electrons. The van der Waals surface area contributed by atoms with Crippen LogP contribution in [0.5, 0.6) is 5.75 Å². The summed E-state index contributed by atoms with van der Waals surface area (Å²) in [5.41, 5.74) is 0.649. The van der Waals surface area contributed by atoms with Crippen LogP contribution in [0.15, 0.2) is 47.4 Å². The monoisotopic (exact) mass is 308 g/mol. The van der Waals surface area contributed by atoms with Crippen molar-refractivity contribution in [2.45, 2.75) is 11.8 Å². The highest BCUT2D eigenvalue weighted by Gasteiger charge is 2.21. The zero-order chi connectivity index (χ0) is 15.6. The molecule has 21 heavy (non-hydrogen) atoms. The molecule has 0 amide bonds. The Bertz CT molecular complexity index is 785. The summed E-state index contributed by atoms with van der Waals surface area (Å²) in [7, 11) is -3.96. The molecule has 0 spiro atoms. The summed E-state index contributed by atoms with van der Waals surface area (Å²) in [6, 6.07) is 9.52. The summed E-state index contributed by atoms with van der Waals surface area (Å²) in [5, 5.41) is 20.1. The molecule has 0 atom stereocenters.